The van der Waals surface area contributed by atoms with Crippen molar-refractivity contribution < 1.29 is 14.3 Å². The normalized spacial score (nSPS) is 21.8. The summed E-state index contributed by atoms with van der Waals surface area (Å²) in [6, 6.07) is 0. The van der Waals surface area contributed by atoms with Gasteiger partial charge in [-0.2, -0.15) is 0 Å². The van der Waals surface area contributed by atoms with Gasteiger partial charge in [-0.15, -0.1) is 0 Å². The molecule has 0 aromatic heterocycles. The van der Waals surface area contributed by atoms with Gasteiger partial charge in [-0.3, -0.25) is 4.79 Å². The van der Waals surface area contributed by atoms with E-state index in [1.54, 1.807) is 0 Å². The van der Waals surface area contributed by atoms with E-state index in [-0.39, 0.29) is 5.97 Å². The summed E-state index contributed by atoms with van der Waals surface area (Å²) in [5.74, 6) is -0.167. The number of carbonyl (C=O) groups excluding carboxylic acids is 1. The van der Waals surface area contributed by atoms with Gasteiger partial charge in [0.05, 0.1) is 19.6 Å². The summed E-state index contributed by atoms with van der Waals surface area (Å²) in [6.07, 6.45) is 3.07. The van der Waals surface area contributed by atoms with Crippen LogP contribution >= 0.6 is 0 Å². The van der Waals surface area contributed by atoms with Crippen LogP contribution in [-0.2, 0) is 14.3 Å². The minimum atomic E-state index is -0.167. The van der Waals surface area contributed by atoms with Crippen molar-refractivity contribution in [1.82, 2.24) is 5.32 Å². The predicted octanol–water partition coefficient (Wildman–Crippen LogP) is 0.318. The molecular weight excluding hydrogens is 170 g/mol. The molecule has 1 rings (SSSR count). The molecule has 1 saturated heterocycles. The standard InChI is InChI=1S/C9H17NO3/c1-12-9(11)4-5-10-7-8-3-2-6-13-8/h8,10H,2-7H2,1H3/t8-/m1/s1. The molecule has 1 atom stereocenters. The van der Waals surface area contributed by atoms with Crippen LogP contribution in [0.3, 0.4) is 0 Å². The fourth-order valence-electron chi connectivity index (χ4n) is 1.36. The Balaban J connectivity index is 1.91. The Kier molecular flexibility index (Phi) is 4.78. The molecule has 0 radical (unpaired) electrons. The second kappa shape index (κ2) is 5.94. The van der Waals surface area contributed by atoms with Crippen LogP contribution in [0.1, 0.15) is 19.3 Å². The van der Waals surface area contributed by atoms with E-state index in [1.165, 1.54) is 7.11 Å². The summed E-state index contributed by atoms with van der Waals surface area (Å²) in [5, 5.41) is 3.17. The molecule has 1 N–H and O–H groups in total. The first kappa shape index (κ1) is 10.5. The zero-order valence-corrected chi connectivity index (χ0v) is 8.04. The average molecular weight is 187 g/mol. The molecule has 76 valence electrons. The molecule has 0 unspecified atom stereocenters. The average Bonchev–Trinajstić information content (AvgIpc) is 2.64. The third-order valence-electron chi connectivity index (χ3n) is 2.13. The van der Waals surface area contributed by atoms with Crippen LogP contribution in [0.4, 0.5) is 0 Å². The summed E-state index contributed by atoms with van der Waals surface area (Å²) in [5.41, 5.74) is 0. The van der Waals surface area contributed by atoms with Crippen molar-refractivity contribution in [2.75, 3.05) is 26.8 Å². The predicted molar refractivity (Wildman–Crippen MR) is 48.5 cm³/mol. The minimum absolute atomic E-state index is 0.167. The zero-order chi connectivity index (χ0) is 9.52. The van der Waals surface area contributed by atoms with Gasteiger partial charge in [0.25, 0.3) is 0 Å². The lowest BCUT2D eigenvalue weighted by Crippen LogP contribution is -2.28. The molecule has 1 aliphatic heterocycles. The quantitative estimate of drug-likeness (QED) is 0.497. The van der Waals surface area contributed by atoms with Gasteiger partial charge in [0.1, 0.15) is 0 Å². The van der Waals surface area contributed by atoms with Crippen LogP contribution in [0.15, 0.2) is 0 Å². The molecular formula is C9H17NO3. The minimum Gasteiger partial charge on any atom is -0.469 e. The maximum atomic E-state index is 10.7. The van der Waals surface area contributed by atoms with Gasteiger partial charge in [0, 0.05) is 19.7 Å². The number of hydrogen-bond acceptors (Lipinski definition) is 4. The maximum absolute atomic E-state index is 10.7. The Morgan fingerprint density at radius 3 is 3.15 bits per heavy atom. The molecule has 1 heterocycles. The highest BCUT2D eigenvalue weighted by atomic mass is 16.5. The Morgan fingerprint density at radius 1 is 1.69 bits per heavy atom. The summed E-state index contributed by atoms with van der Waals surface area (Å²) in [7, 11) is 1.41. The summed E-state index contributed by atoms with van der Waals surface area (Å²) in [6.45, 7) is 2.40. The fraction of sp³-hybridized carbons (Fsp3) is 0.889. The molecule has 13 heavy (non-hydrogen) atoms. The highest BCUT2D eigenvalue weighted by Crippen LogP contribution is 2.10. The van der Waals surface area contributed by atoms with Gasteiger partial charge >= 0.3 is 5.97 Å². The van der Waals surface area contributed by atoms with E-state index >= 15 is 0 Å². The first-order valence-electron chi connectivity index (χ1n) is 4.72. The lowest BCUT2D eigenvalue weighted by atomic mass is 10.2. The van der Waals surface area contributed by atoms with Crippen molar-refractivity contribution in [2.24, 2.45) is 0 Å². The van der Waals surface area contributed by atoms with E-state index in [0.29, 0.717) is 19.1 Å². The van der Waals surface area contributed by atoms with Crippen LogP contribution < -0.4 is 5.32 Å². The zero-order valence-electron chi connectivity index (χ0n) is 8.04. The third-order valence-corrected chi connectivity index (χ3v) is 2.13. The number of methoxy groups -OCH3 is 1. The number of ether oxygens (including phenoxy) is 2. The number of rotatable bonds is 5. The van der Waals surface area contributed by atoms with Gasteiger partial charge in [-0.25, -0.2) is 0 Å². The highest BCUT2D eigenvalue weighted by Gasteiger charge is 2.14. The van der Waals surface area contributed by atoms with Gasteiger partial charge < -0.3 is 14.8 Å². The highest BCUT2D eigenvalue weighted by molar-refractivity contribution is 5.69. The third kappa shape index (κ3) is 4.24. The van der Waals surface area contributed by atoms with Crippen molar-refractivity contribution in [1.29, 1.82) is 0 Å². The Labute approximate surface area is 78.6 Å². The van der Waals surface area contributed by atoms with Gasteiger partial charge in [-0.05, 0) is 12.8 Å². The molecule has 0 spiro atoms. The Bertz CT molecular complexity index is 155. The first-order chi connectivity index (χ1) is 6.33. The molecule has 0 amide bonds. The summed E-state index contributed by atoms with van der Waals surface area (Å²) in [4.78, 5) is 10.7. The van der Waals surface area contributed by atoms with Crippen molar-refractivity contribution in [3.8, 4) is 0 Å². The van der Waals surface area contributed by atoms with Crippen LogP contribution in [-0.4, -0.2) is 38.9 Å². The van der Waals surface area contributed by atoms with E-state index in [0.717, 1.165) is 26.0 Å². The summed E-state index contributed by atoms with van der Waals surface area (Å²) >= 11 is 0. The van der Waals surface area contributed by atoms with E-state index in [1.807, 2.05) is 0 Å². The van der Waals surface area contributed by atoms with Gasteiger partial charge in [-0.1, -0.05) is 0 Å². The van der Waals surface area contributed by atoms with E-state index in [4.69, 9.17) is 4.74 Å². The van der Waals surface area contributed by atoms with Crippen LogP contribution in [0.25, 0.3) is 0 Å². The number of hydrogen-bond donors (Lipinski definition) is 1. The Hall–Kier alpha value is -0.610. The molecule has 1 fully saturated rings. The van der Waals surface area contributed by atoms with Gasteiger partial charge in [0.2, 0.25) is 0 Å². The van der Waals surface area contributed by atoms with Gasteiger partial charge in [0.15, 0.2) is 0 Å². The molecule has 4 nitrogen and oxygen atoms in total. The van der Waals surface area contributed by atoms with Crippen LogP contribution in [0.5, 0.6) is 0 Å². The fourth-order valence-corrected chi connectivity index (χ4v) is 1.36. The van der Waals surface area contributed by atoms with Crippen molar-refractivity contribution >= 4 is 5.97 Å². The van der Waals surface area contributed by atoms with Crippen molar-refractivity contribution in [3.05, 3.63) is 0 Å². The SMILES string of the molecule is COC(=O)CCNC[C@H]1CCCO1. The molecule has 0 aromatic rings. The van der Waals surface area contributed by atoms with E-state index in [9.17, 15) is 4.79 Å². The number of nitrogens with one attached hydrogen (secondary N) is 1. The lowest BCUT2D eigenvalue weighted by molar-refractivity contribution is -0.140. The molecule has 0 aliphatic carbocycles. The first-order valence-corrected chi connectivity index (χ1v) is 4.72. The molecule has 4 heteroatoms. The number of esters is 1. The molecule has 0 saturated carbocycles. The van der Waals surface area contributed by atoms with Crippen molar-refractivity contribution in [2.45, 2.75) is 25.4 Å². The van der Waals surface area contributed by atoms with Crippen LogP contribution in [0, 0.1) is 0 Å². The van der Waals surface area contributed by atoms with Crippen LogP contribution in [0.2, 0.25) is 0 Å². The van der Waals surface area contributed by atoms with Crippen molar-refractivity contribution in [3.63, 3.8) is 0 Å². The molecule has 1 aliphatic rings. The van der Waals surface area contributed by atoms with E-state index < -0.39 is 0 Å². The largest absolute Gasteiger partial charge is 0.469 e. The van der Waals surface area contributed by atoms with E-state index in [2.05, 4.69) is 10.1 Å². The molecule has 0 aromatic carbocycles. The smallest absolute Gasteiger partial charge is 0.306 e. The second-order valence-electron chi connectivity index (χ2n) is 3.17. The monoisotopic (exact) mass is 187 g/mol. The number of carbonyl (C=O) groups is 1. The summed E-state index contributed by atoms with van der Waals surface area (Å²) < 4.78 is 9.92. The topological polar surface area (TPSA) is 47.6 Å². The lowest BCUT2D eigenvalue weighted by Gasteiger charge is -2.09. The second-order valence-corrected chi connectivity index (χ2v) is 3.17. The maximum Gasteiger partial charge on any atom is 0.306 e. The molecule has 0 bridgehead atoms. The Morgan fingerprint density at radius 2 is 2.54 bits per heavy atom.